The van der Waals surface area contributed by atoms with Gasteiger partial charge in [0.15, 0.2) is 0 Å². The molecule has 1 heterocycles. The van der Waals surface area contributed by atoms with Crippen LogP contribution in [0, 0.1) is 5.92 Å². The van der Waals surface area contributed by atoms with Crippen LogP contribution < -0.4 is 10.4 Å². The Balaban J connectivity index is 2.44. The Morgan fingerprint density at radius 1 is 1.39 bits per heavy atom. The zero-order valence-corrected chi connectivity index (χ0v) is 10.3. The van der Waals surface area contributed by atoms with Gasteiger partial charge in [0, 0.05) is 0 Å². The summed E-state index contributed by atoms with van der Waals surface area (Å²) in [4.78, 5) is 23.1. The van der Waals surface area contributed by atoms with Crippen molar-refractivity contribution in [2.45, 2.75) is 20.3 Å². The van der Waals surface area contributed by atoms with Gasteiger partial charge in [-0.15, -0.1) is 0 Å². The van der Waals surface area contributed by atoms with Crippen molar-refractivity contribution in [2.24, 2.45) is 5.92 Å². The molecule has 1 aromatic heterocycles. The average molecular weight is 246 g/mol. The highest BCUT2D eigenvalue weighted by atomic mass is 16.5. The maximum Gasteiger partial charge on any atom is 0.339 e. The molecule has 94 valence electrons. The number of carbonyl (C=O) groups is 1. The third-order valence-corrected chi connectivity index (χ3v) is 2.84. The van der Waals surface area contributed by atoms with Crippen molar-refractivity contribution in [2.75, 3.05) is 0 Å². The Hall–Kier alpha value is -2.10. The van der Waals surface area contributed by atoms with Crippen LogP contribution in [0.2, 0.25) is 0 Å². The summed E-state index contributed by atoms with van der Waals surface area (Å²) in [6, 6.07) is 8.16. The number of benzene rings is 1. The van der Waals surface area contributed by atoms with E-state index < -0.39 is 5.63 Å². The lowest BCUT2D eigenvalue weighted by molar-refractivity contribution is -0.138. The van der Waals surface area contributed by atoms with E-state index in [0.717, 1.165) is 0 Å². The standard InChI is InChI=1S/C14H14O4/c1-3-9(2)14(16)18-12-8-13(15)17-11-7-5-4-6-10(11)12/h4-9H,3H2,1-2H3. The van der Waals surface area contributed by atoms with Crippen LogP contribution >= 0.6 is 0 Å². The third-order valence-electron chi connectivity index (χ3n) is 2.84. The third kappa shape index (κ3) is 2.42. The lowest BCUT2D eigenvalue weighted by Gasteiger charge is -2.09. The molecule has 0 aliphatic heterocycles. The van der Waals surface area contributed by atoms with E-state index in [4.69, 9.17) is 9.15 Å². The van der Waals surface area contributed by atoms with E-state index in [1.807, 2.05) is 6.92 Å². The minimum atomic E-state index is -0.527. The number of rotatable bonds is 3. The first-order chi connectivity index (χ1) is 8.61. The van der Waals surface area contributed by atoms with Crippen molar-refractivity contribution in [1.82, 2.24) is 0 Å². The molecular weight excluding hydrogens is 232 g/mol. The van der Waals surface area contributed by atoms with Crippen molar-refractivity contribution in [3.8, 4) is 5.75 Å². The second-order valence-electron chi connectivity index (χ2n) is 4.16. The van der Waals surface area contributed by atoms with Gasteiger partial charge in [0.2, 0.25) is 0 Å². The highest BCUT2D eigenvalue weighted by Gasteiger charge is 2.15. The minimum absolute atomic E-state index is 0.198. The molecule has 1 unspecified atom stereocenters. The molecule has 0 aliphatic rings. The Morgan fingerprint density at radius 2 is 2.11 bits per heavy atom. The van der Waals surface area contributed by atoms with Gasteiger partial charge in [0.05, 0.1) is 17.4 Å². The summed E-state index contributed by atoms with van der Waals surface area (Å²) in [7, 11) is 0. The first-order valence-corrected chi connectivity index (χ1v) is 5.86. The molecule has 0 radical (unpaired) electrons. The first kappa shape index (κ1) is 12.4. The van der Waals surface area contributed by atoms with Crippen molar-refractivity contribution in [3.63, 3.8) is 0 Å². The predicted octanol–water partition coefficient (Wildman–Crippen LogP) is 2.74. The van der Waals surface area contributed by atoms with Gasteiger partial charge >= 0.3 is 11.6 Å². The van der Waals surface area contributed by atoms with Gasteiger partial charge in [-0.2, -0.15) is 0 Å². The van der Waals surface area contributed by atoms with E-state index in [0.29, 0.717) is 17.4 Å². The van der Waals surface area contributed by atoms with Gasteiger partial charge in [-0.25, -0.2) is 4.79 Å². The monoisotopic (exact) mass is 246 g/mol. The summed E-state index contributed by atoms with van der Waals surface area (Å²) in [6.45, 7) is 3.69. The van der Waals surface area contributed by atoms with E-state index in [-0.39, 0.29) is 17.6 Å². The lowest BCUT2D eigenvalue weighted by atomic mass is 10.1. The quantitative estimate of drug-likeness (QED) is 0.617. The molecule has 1 atom stereocenters. The Kier molecular flexibility index (Phi) is 3.46. The van der Waals surface area contributed by atoms with E-state index in [2.05, 4.69) is 0 Å². The van der Waals surface area contributed by atoms with Crippen LogP contribution in [0.1, 0.15) is 20.3 Å². The Bertz CT molecular complexity index is 627. The summed E-state index contributed by atoms with van der Waals surface area (Å²) >= 11 is 0. The van der Waals surface area contributed by atoms with Gasteiger partial charge in [-0.1, -0.05) is 26.0 Å². The topological polar surface area (TPSA) is 56.5 Å². The van der Waals surface area contributed by atoms with Gasteiger partial charge in [0.1, 0.15) is 11.3 Å². The normalized spacial score (nSPS) is 12.3. The van der Waals surface area contributed by atoms with E-state index >= 15 is 0 Å². The van der Waals surface area contributed by atoms with E-state index in [9.17, 15) is 9.59 Å². The van der Waals surface area contributed by atoms with Crippen LogP contribution in [0.4, 0.5) is 0 Å². The summed E-state index contributed by atoms with van der Waals surface area (Å²) < 4.78 is 10.3. The Labute approximate surface area is 104 Å². The number of hydrogen-bond acceptors (Lipinski definition) is 4. The van der Waals surface area contributed by atoms with E-state index in [1.54, 1.807) is 31.2 Å². The molecular formula is C14H14O4. The van der Waals surface area contributed by atoms with Crippen LogP contribution in [0.3, 0.4) is 0 Å². The molecule has 0 fully saturated rings. The smallest absolute Gasteiger partial charge is 0.339 e. The molecule has 2 aromatic rings. The predicted molar refractivity (Wildman–Crippen MR) is 67.6 cm³/mol. The number of fused-ring (bicyclic) bond motifs is 1. The molecule has 2 rings (SSSR count). The molecule has 18 heavy (non-hydrogen) atoms. The zero-order valence-electron chi connectivity index (χ0n) is 10.3. The molecule has 0 spiro atoms. The summed E-state index contributed by atoms with van der Waals surface area (Å²) in [5.74, 6) is -0.281. The molecule has 0 N–H and O–H groups in total. The average Bonchev–Trinajstić information content (AvgIpc) is 2.37. The fourth-order valence-electron chi connectivity index (χ4n) is 1.54. The van der Waals surface area contributed by atoms with Crippen LogP contribution in [0.5, 0.6) is 5.75 Å². The lowest BCUT2D eigenvalue weighted by Crippen LogP contribution is -2.17. The summed E-state index contributed by atoms with van der Waals surface area (Å²) in [5, 5.41) is 0.619. The highest BCUT2D eigenvalue weighted by Crippen LogP contribution is 2.24. The molecule has 0 saturated heterocycles. The van der Waals surface area contributed by atoms with Crippen molar-refractivity contribution >= 4 is 16.9 Å². The summed E-state index contributed by atoms with van der Waals surface area (Å²) in [6.07, 6.45) is 0.693. The second-order valence-corrected chi connectivity index (χ2v) is 4.16. The van der Waals surface area contributed by atoms with Gasteiger partial charge in [0.25, 0.3) is 0 Å². The molecule has 0 aliphatic carbocycles. The van der Waals surface area contributed by atoms with Gasteiger partial charge < -0.3 is 9.15 Å². The van der Waals surface area contributed by atoms with Crippen LogP contribution in [0.15, 0.2) is 39.5 Å². The fourth-order valence-corrected chi connectivity index (χ4v) is 1.54. The largest absolute Gasteiger partial charge is 0.425 e. The summed E-state index contributed by atoms with van der Waals surface area (Å²) in [5.41, 5.74) is -0.113. The molecule has 1 aromatic carbocycles. The number of hydrogen-bond donors (Lipinski definition) is 0. The van der Waals surface area contributed by atoms with Crippen LogP contribution in [-0.4, -0.2) is 5.97 Å². The minimum Gasteiger partial charge on any atom is -0.425 e. The highest BCUT2D eigenvalue weighted by molar-refractivity contribution is 5.86. The van der Waals surface area contributed by atoms with Crippen molar-refractivity contribution < 1.29 is 13.9 Å². The number of ether oxygens (including phenoxy) is 1. The second kappa shape index (κ2) is 5.04. The van der Waals surface area contributed by atoms with Crippen LogP contribution in [-0.2, 0) is 4.79 Å². The molecule has 0 saturated carbocycles. The van der Waals surface area contributed by atoms with Crippen molar-refractivity contribution in [3.05, 3.63) is 40.8 Å². The number of para-hydroxylation sites is 1. The first-order valence-electron chi connectivity index (χ1n) is 5.86. The maximum atomic E-state index is 11.7. The van der Waals surface area contributed by atoms with E-state index in [1.165, 1.54) is 6.07 Å². The Morgan fingerprint density at radius 3 is 2.83 bits per heavy atom. The fraction of sp³-hybridized carbons (Fsp3) is 0.286. The molecule has 0 bridgehead atoms. The van der Waals surface area contributed by atoms with Crippen LogP contribution in [0.25, 0.3) is 11.0 Å². The SMILES string of the molecule is CCC(C)C(=O)Oc1cc(=O)oc2ccccc12. The molecule has 4 heteroatoms. The van der Waals surface area contributed by atoms with Gasteiger partial charge in [-0.3, -0.25) is 4.79 Å². The van der Waals surface area contributed by atoms with Gasteiger partial charge in [-0.05, 0) is 18.6 Å². The maximum absolute atomic E-state index is 11.7. The molecule has 4 nitrogen and oxygen atoms in total. The number of esters is 1. The molecule has 0 amide bonds. The zero-order chi connectivity index (χ0) is 13.1. The number of carbonyl (C=O) groups excluding carboxylic acids is 1. The van der Waals surface area contributed by atoms with Crippen molar-refractivity contribution in [1.29, 1.82) is 0 Å².